The van der Waals surface area contributed by atoms with E-state index in [2.05, 4.69) is 32.1 Å². The zero-order valence-corrected chi connectivity index (χ0v) is 10.1. The summed E-state index contributed by atoms with van der Waals surface area (Å²) in [6, 6.07) is 2.65. The van der Waals surface area contributed by atoms with Gasteiger partial charge in [0, 0.05) is 30.9 Å². The maximum Gasteiger partial charge on any atom is 0.143 e. The van der Waals surface area contributed by atoms with Crippen molar-refractivity contribution >= 4 is 11.0 Å². The van der Waals surface area contributed by atoms with E-state index in [-0.39, 0.29) is 0 Å². The van der Waals surface area contributed by atoms with Gasteiger partial charge in [-0.2, -0.15) is 0 Å². The minimum atomic E-state index is 0.571. The second kappa shape index (κ2) is 4.61. The first-order valence-corrected chi connectivity index (χ1v) is 5.85. The molecule has 0 spiro atoms. The molecule has 0 bridgehead atoms. The fourth-order valence-corrected chi connectivity index (χ4v) is 1.79. The van der Waals surface area contributed by atoms with Gasteiger partial charge in [0.25, 0.3) is 0 Å². The molecule has 1 aliphatic rings. The zero-order chi connectivity index (χ0) is 11.5. The van der Waals surface area contributed by atoms with E-state index >= 15 is 0 Å². The second-order valence-corrected chi connectivity index (χ2v) is 3.73. The topological polar surface area (TPSA) is 42.7 Å². The molecule has 1 saturated heterocycles. The highest BCUT2D eigenvalue weighted by molar-refractivity contribution is 5.75. The Bertz CT molecular complexity index is 471. The van der Waals surface area contributed by atoms with Gasteiger partial charge in [-0.25, -0.2) is 9.97 Å². The standard InChI is InChI=1S/C10H12N4.C2H6/c1-7-12-4-8-2-3-14(10(8)13-7)9-5-11-6-9;1-2/h2-4,9,11H,5-6H2,1H3;1-2H3. The SMILES string of the molecule is CC.Cc1ncc2ccn(C3CNC3)c2n1. The number of hydrogen-bond acceptors (Lipinski definition) is 3. The van der Waals surface area contributed by atoms with Crippen LogP contribution >= 0.6 is 0 Å². The van der Waals surface area contributed by atoms with Crippen LogP contribution in [0, 0.1) is 6.92 Å². The maximum absolute atomic E-state index is 4.46. The van der Waals surface area contributed by atoms with Crippen molar-refractivity contribution in [1.82, 2.24) is 19.9 Å². The van der Waals surface area contributed by atoms with Gasteiger partial charge in [-0.1, -0.05) is 13.8 Å². The van der Waals surface area contributed by atoms with Gasteiger partial charge >= 0.3 is 0 Å². The Balaban J connectivity index is 0.000000457. The number of nitrogens with zero attached hydrogens (tertiary/aromatic N) is 3. The number of fused-ring (bicyclic) bond motifs is 1. The van der Waals surface area contributed by atoms with Crippen LogP contribution in [0.4, 0.5) is 0 Å². The summed E-state index contributed by atoms with van der Waals surface area (Å²) in [4.78, 5) is 8.65. The number of aryl methyl sites for hydroxylation is 1. The summed E-state index contributed by atoms with van der Waals surface area (Å²) in [5.74, 6) is 0.838. The third kappa shape index (κ3) is 1.80. The average molecular weight is 218 g/mol. The van der Waals surface area contributed by atoms with Crippen molar-refractivity contribution in [1.29, 1.82) is 0 Å². The van der Waals surface area contributed by atoms with Crippen LogP contribution in [0.3, 0.4) is 0 Å². The monoisotopic (exact) mass is 218 g/mol. The molecule has 0 atom stereocenters. The molecule has 0 aliphatic carbocycles. The Morgan fingerprint density at radius 3 is 2.75 bits per heavy atom. The van der Waals surface area contributed by atoms with Crippen LogP contribution in [0.15, 0.2) is 18.5 Å². The number of nitrogens with one attached hydrogen (secondary N) is 1. The fourth-order valence-electron chi connectivity index (χ4n) is 1.79. The first-order valence-electron chi connectivity index (χ1n) is 5.85. The Kier molecular flexibility index (Phi) is 3.19. The fraction of sp³-hybridized carbons (Fsp3) is 0.500. The minimum absolute atomic E-state index is 0.571. The molecule has 16 heavy (non-hydrogen) atoms. The van der Waals surface area contributed by atoms with Crippen LogP contribution in [0.2, 0.25) is 0 Å². The summed E-state index contributed by atoms with van der Waals surface area (Å²) < 4.78 is 2.24. The summed E-state index contributed by atoms with van der Waals surface area (Å²) in [6.07, 6.45) is 3.99. The molecule has 3 heterocycles. The smallest absolute Gasteiger partial charge is 0.143 e. The summed E-state index contributed by atoms with van der Waals surface area (Å²) in [5.41, 5.74) is 1.06. The van der Waals surface area contributed by atoms with E-state index in [9.17, 15) is 0 Å². The van der Waals surface area contributed by atoms with E-state index in [0.717, 1.165) is 29.9 Å². The van der Waals surface area contributed by atoms with E-state index in [1.807, 2.05) is 27.0 Å². The van der Waals surface area contributed by atoms with Gasteiger partial charge in [0.2, 0.25) is 0 Å². The van der Waals surface area contributed by atoms with Crippen molar-refractivity contribution in [2.75, 3.05) is 13.1 Å². The van der Waals surface area contributed by atoms with Crippen LogP contribution in [-0.4, -0.2) is 27.6 Å². The van der Waals surface area contributed by atoms with E-state index in [4.69, 9.17) is 0 Å². The van der Waals surface area contributed by atoms with Gasteiger partial charge in [0.1, 0.15) is 11.5 Å². The highest BCUT2D eigenvalue weighted by Crippen LogP contribution is 2.20. The van der Waals surface area contributed by atoms with Gasteiger partial charge in [0.05, 0.1) is 6.04 Å². The number of aromatic nitrogens is 3. The molecule has 1 N–H and O–H groups in total. The Morgan fingerprint density at radius 1 is 1.38 bits per heavy atom. The molecule has 2 aromatic heterocycles. The molecule has 1 aliphatic heterocycles. The van der Waals surface area contributed by atoms with E-state index in [1.54, 1.807) is 0 Å². The average Bonchev–Trinajstić information content (AvgIpc) is 2.62. The van der Waals surface area contributed by atoms with Gasteiger partial charge in [-0.15, -0.1) is 0 Å². The summed E-state index contributed by atoms with van der Waals surface area (Å²) in [6.45, 7) is 8.02. The first-order chi connectivity index (χ1) is 7.84. The molecule has 0 amide bonds. The summed E-state index contributed by atoms with van der Waals surface area (Å²) >= 11 is 0. The lowest BCUT2D eigenvalue weighted by Gasteiger charge is -2.28. The summed E-state index contributed by atoms with van der Waals surface area (Å²) in [5, 5.41) is 4.39. The minimum Gasteiger partial charge on any atom is -0.327 e. The lowest BCUT2D eigenvalue weighted by molar-refractivity contribution is 0.350. The van der Waals surface area contributed by atoms with Crippen molar-refractivity contribution < 1.29 is 0 Å². The van der Waals surface area contributed by atoms with Gasteiger partial charge in [0.15, 0.2) is 0 Å². The van der Waals surface area contributed by atoms with Crippen LogP contribution in [0.25, 0.3) is 11.0 Å². The molecular formula is C12H18N4. The van der Waals surface area contributed by atoms with E-state index in [0.29, 0.717) is 6.04 Å². The van der Waals surface area contributed by atoms with Crippen LogP contribution in [0.5, 0.6) is 0 Å². The molecule has 3 rings (SSSR count). The van der Waals surface area contributed by atoms with Crippen molar-refractivity contribution in [2.24, 2.45) is 0 Å². The van der Waals surface area contributed by atoms with Crippen molar-refractivity contribution in [2.45, 2.75) is 26.8 Å². The third-order valence-corrected chi connectivity index (χ3v) is 2.73. The predicted octanol–water partition coefficient (Wildman–Crippen LogP) is 1.91. The van der Waals surface area contributed by atoms with Crippen LogP contribution < -0.4 is 5.32 Å². The molecule has 4 nitrogen and oxygen atoms in total. The first kappa shape index (κ1) is 11.1. The van der Waals surface area contributed by atoms with Gasteiger partial charge < -0.3 is 9.88 Å². The molecule has 0 saturated carbocycles. The van der Waals surface area contributed by atoms with Crippen LogP contribution in [-0.2, 0) is 0 Å². The summed E-state index contributed by atoms with van der Waals surface area (Å²) in [7, 11) is 0. The zero-order valence-electron chi connectivity index (χ0n) is 10.1. The van der Waals surface area contributed by atoms with Crippen molar-refractivity contribution in [3.8, 4) is 0 Å². The molecule has 4 heteroatoms. The number of rotatable bonds is 1. The largest absolute Gasteiger partial charge is 0.327 e. The predicted molar refractivity (Wildman–Crippen MR) is 65.5 cm³/mol. The van der Waals surface area contributed by atoms with Crippen LogP contribution in [0.1, 0.15) is 25.7 Å². The van der Waals surface area contributed by atoms with Crippen molar-refractivity contribution in [3.05, 3.63) is 24.3 Å². The second-order valence-electron chi connectivity index (χ2n) is 3.73. The Morgan fingerprint density at radius 2 is 2.12 bits per heavy atom. The van der Waals surface area contributed by atoms with E-state index < -0.39 is 0 Å². The van der Waals surface area contributed by atoms with E-state index in [1.165, 1.54) is 0 Å². The third-order valence-electron chi connectivity index (χ3n) is 2.73. The Labute approximate surface area is 95.7 Å². The maximum atomic E-state index is 4.46. The lowest BCUT2D eigenvalue weighted by atomic mass is 10.2. The normalized spacial score (nSPS) is 15.4. The molecule has 0 unspecified atom stereocenters. The van der Waals surface area contributed by atoms with Gasteiger partial charge in [-0.3, -0.25) is 0 Å². The molecular weight excluding hydrogens is 200 g/mol. The molecule has 0 radical (unpaired) electrons. The lowest BCUT2D eigenvalue weighted by Crippen LogP contribution is -2.43. The van der Waals surface area contributed by atoms with Gasteiger partial charge in [-0.05, 0) is 13.0 Å². The molecule has 2 aromatic rings. The molecule has 86 valence electrons. The molecule has 1 fully saturated rings. The van der Waals surface area contributed by atoms with Crippen molar-refractivity contribution in [3.63, 3.8) is 0 Å². The highest BCUT2D eigenvalue weighted by atomic mass is 15.2. The number of hydrogen-bond donors (Lipinski definition) is 1. The quantitative estimate of drug-likeness (QED) is 0.795. The molecule has 0 aromatic carbocycles. The Hall–Kier alpha value is -1.42. The highest BCUT2D eigenvalue weighted by Gasteiger charge is 2.20.